The van der Waals surface area contributed by atoms with Gasteiger partial charge < -0.3 is 4.74 Å². The van der Waals surface area contributed by atoms with Crippen LogP contribution in [0.15, 0.2) is 24.3 Å². The Kier molecular flexibility index (Phi) is 5.10. The van der Waals surface area contributed by atoms with Crippen LogP contribution in [0.25, 0.3) is 0 Å². The molecule has 1 aromatic rings. The molecule has 4 nitrogen and oxygen atoms in total. The Morgan fingerprint density at radius 2 is 1.66 bits per heavy atom. The standard InChI is InChI=1S/C31H43NO3/c1-20-6-8-21(9-7-20)18-32-19-31(35-27(32)34)15-14-29(4)22(16-31)10-11-23-24(29)12-13-30(5)25(23)17-28(2,3)26(30)33/h6-9,22-25H,10-19H2,1-5H3. The first kappa shape index (κ1) is 23.6. The molecule has 1 heterocycles. The van der Waals surface area contributed by atoms with Crippen molar-refractivity contribution >= 4 is 11.9 Å². The van der Waals surface area contributed by atoms with Crippen molar-refractivity contribution in [3.63, 3.8) is 0 Å². The number of aryl methyl sites for hydroxylation is 1. The summed E-state index contributed by atoms with van der Waals surface area (Å²) in [7, 11) is 0. The Morgan fingerprint density at radius 1 is 0.914 bits per heavy atom. The molecule has 1 spiro atoms. The lowest BCUT2D eigenvalue weighted by atomic mass is 9.44. The van der Waals surface area contributed by atoms with Crippen molar-refractivity contribution in [3.05, 3.63) is 35.4 Å². The Labute approximate surface area is 211 Å². The van der Waals surface area contributed by atoms with Crippen LogP contribution in [-0.2, 0) is 16.1 Å². The molecular weight excluding hydrogens is 434 g/mol. The predicted octanol–water partition coefficient (Wildman–Crippen LogP) is 6.93. The molecular formula is C31H43NO3. The van der Waals surface area contributed by atoms with Gasteiger partial charge in [-0.05, 0) is 92.9 Å². The van der Waals surface area contributed by atoms with Gasteiger partial charge in [0.05, 0.1) is 6.54 Å². The fourth-order valence-electron chi connectivity index (χ4n) is 9.67. The molecule has 1 aliphatic heterocycles. The first-order chi connectivity index (χ1) is 16.5. The van der Waals surface area contributed by atoms with E-state index >= 15 is 0 Å². The quantitative estimate of drug-likeness (QED) is 0.464. The molecule has 1 aromatic carbocycles. The summed E-state index contributed by atoms with van der Waals surface area (Å²) in [6, 6.07) is 8.48. The zero-order valence-corrected chi connectivity index (χ0v) is 22.4. The maximum atomic E-state index is 13.3. The van der Waals surface area contributed by atoms with Crippen molar-refractivity contribution in [2.24, 2.45) is 39.9 Å². The molecule has 4 saturated carbocycles. The molecule has 5 fully saturated rings. The van der Waals surface area contributed by atoms with Crippen LogP contribution >= 0.6 is 0 Å². The molecule has 1 amide bonds. The summed E-state index contributed by atoms with van der Waals surface area (Å²) in [6.07, 6.45) is 8.78. The molecule has 4 heteroatoms. The summed E-state index contributed by atoms with van der Waals surface area (Å²) in [5.74, 6) is 3.07. The smallest absolute Gasteiger partial charge is 0.410 e. The first-order valence-corrected chi connectivity index (χ1v) is 14.0. The van der Waals surface area contributed by atoms with E-state index in [9.17, 15) is 9.59 Å². The third kappa shape index (κ3) is 3.44. The molecule has 190 valence electrons. The summed E-state index contributed by atoms with van der Waals surface area (Å²) in [5.41, 5.74) is 2.13. The van der Waals surface area contributed by atoms with Crippen LogP contribution in [0.2, 0.25) is 0 Å². The highest BCUT2D eigenvalue weighted by atomic mass is 16.6. The van der Waals surface area contributed by atoms with E-state index in [1.807, 2.05) is 4.90 Å². The average Bonchev–Trinajstić information content (AvgIpc) is 3.21. The van der Waals surface area contributed by atoms with Gasteiger partial charge in [0, 0.05) is 17.4 Å². The van der Waals surface area contributed by atoms with Gasteiger partial charge in [-0.25, -0.2) is 4.79 Å². The largest absolute Gasteiger partial charge is 0.441 e. The van der Waals surface area contributed by atoms with Gasteiger partial charge in [-0.15, -0.1) is 0 Å². The number of benzene rings is 1. The summed E-state index contributed by atoms with van der Waals surface area (Å²) >= 11 is 0. The fraction of sp³-hybridized carbons (Fsp3) is 0.742. The maximum Gasteiger partial charge on any atom is 0.410 e. The minimum absolute atomic E-state index is 0.110. The number of nitrogens with zero attached hydrogens (tertiary/aromatic N) is 1. The van der Waals surface area contributed by atoms with E-state index < -0.39 is 0 Å². The Hall–Kier alpha value is -1.84. The molecule has 0 bridgehead atoms. The van der Waals surface area contributed by atoms with E-state index in [4.69, 9.17) is 4.74 Å². The molecule has 7 atom stereocenters. The summed E-state index contributed by atoms with van der Waals surface area (Å²) in [5, 5.41) is 0. The Morgan fingerprint density at radius 3 is 2.40 bits per heavy atom. The third-order valence-electron chi connectivity index (χ3n) is 11.6. The second-order valence-corrected chi connectivity index (χ2v) is 14.1. The minimum Gasteiger partial charge on any atom is -0.441 e. The lowest BCUT2D eigenvalue weighted by Crippen LogP contribution is -2.56. The highest BCUT2D eigenvalue weighted by Gasteiger charge is 2.65. The number of fused-ring (bicyclic) bond motifs is 5. The lowest BCUT2D eigenvalue weighted by Gasteiger charge is -2.61. The summed E-state index contributed by atoms with van der Waals surface area (Å²) in [6.45, 7) is 12.7. The first-order valence-electron chi connectivity index (χ1n) is 14.0. The highest BCUT2D eigenvalue weighted by molar-refractivity contribution is 5.92. The fourth-order valence-corrected chi connectivity index (χ4v) is 9.67. The van der Waals surface area contributed by atoms with Crippen molar-refractivity contribution in [3.8, 4) is 0 Å². The third-order valence-corrected chi connectivity index (χ3v) is 11.6. The molecule has 1 saturated heterocycles. The van der Waals surface area contributed by atoms with Crippen LogP contribution in [0.3, 0.4) is 0 Å². The van der Waals surface area contributed by atoms with Crippen molar-refractivity contribution in [1.29, 1.82) is 0 Å². The number of Topliss-reactive ketones (excluding diaryl/α,β-unsaturated/α-hetero) is 1. The van der Waals surface area contributed by atoms with E-state index in [1.165, 1.54) is 30.4 Å². The zero-order valence-electron chi connectivity index (χ0n) is 22.4. The topological polar surface area (TPSA) is 46.6 Å². The van der Waals surface area contributed by atoms with Crippen LogP contribution < -0.4 is 0 Å². The van der Waals surface area contributed by atoms with Crippen LogP contribution in [0, 0.1) is 46.8 Å². The van der Waals surface area contributed by atoms with Crippen LogP contribution in [0.4, 0.5) is 4.79 Å². The minimum atomic E-state index is -0.312. The Bertz CT molecular complexity index is 1050. The lowest BCUT2D eigenvalue weighted by molar-refractivity contribution is -0.150. The summed E-state index contributed by atoms with van der Waals surface area (Å²) < 4.78 is 6.20. The van der Waals surface area contributed by atoms with Gasteiger partial charge in [0.25, 0.3) is 0 Å². The SMILES string of the molecule is Cc1ccc(CN2CC3(CCC4(C)C(CCC5C6CC(C)(C)C(=O)C6(C)CCC54)C3)OC2=O)cc1. The molecule has 5 aliphatic rings. The second-order valence-electron chi connectivity index (χ2n) is 14.1. The van der Waals surface area contributed by atoms with Gasteiger partial charge in [-0.3, -0.25) is 9.69 Å². The molecule has 6 rings (SSSR count). The van der Waals surface area contributed by atoms with Gasteiger partial charge in [-0.1, -0.05) is 57.5 Å². The number of carbonyl (C=O) groups is 2. The van der Waals surface area contributed by atoms with Crippen LogP contribution in [-0.4, -0.2) is 28.9 Å². The monoisotopic (exact) mass is 477 g/mol. The van der Waals surface area contributed by atoms with Crippen molar-refractivity contribution < 1.29 is 14.3 Å². The number of hydrogen-bond donors (Lipinski definition) is 0. The van der Waals surface area contributed by atoms with E-state index in [0.29, 0.717) is 41.4 Å². The summed E-state index contributed by atoms with van der Waals surface area (Å²) in [4.78, 5) is 28.2. The molecule has 4 aliphatic carbocycles. The maximum absolute atomic E-state index is 13.3. The van der Waals surface area contributed by atoms with Gasteiger partial charge in [0.1, 0.15) is 11.4 Å². The molecule has 0 radical (unpaired) electrons. The van der Waals surface area contributed by atoms with E-state index in [0.717, 1.165) is 38.6 Å². The van der Waals surface area contributed by atoms with E-state index in [2.05, 4.69) is 58.9 Å². The highest BCUT2D eigenvalue weighted by Crippen LogP contribution is 2.68. The van der Waals surface area contributed by atoms with Gasteiger partial charge >= 0.3 is 6.09 Å². The molecule has 35 heavy (non-hydrogen) atoms. The molecule has 0 aromatic heterocycles. The van der Waals surface area contributed by atoms with Crippen molar-refractivity contribution in [1.82, 2.24) is 4.90 Å². The van der Waals surface area contributed by atoms with Gasteiger partial charge in [-0.2, -0.15) is 0 Å². The number of amides is 1. The van der Waals surface area contributed by atoms with Gasteiger partial charge in [0.2, 0.25) is 0 Å². The Balaban J connectivity index is 1.18. The number of ether oxygens (including phenoxy) is 1. The number of carbonyl (C=O) groups excluding carboxylic acids is 2. The number of hydrogen-bond acceptors (Lipinski definition) is 3. The average molecular weight is 478 g/mol. The van der Waals surface area contributed by atoms with Gasteiger partial charge in [0.15, 0.2) is 0 Å². The van der Waals surface area contributed by atoms with E-state index in [1.54, 1.807) is 0 Å². The normalized spacial score (nSPS) is 44.1. The number of ketones is 1. The van der Waals surface area contributed by atoms with Crippen molar-refractivity contribution in [2.75, 3.05) is 6.54 Å². The van der Waals surface area contributed by atoms with Crippen LogP contribution in [0.1, 0.15) is 90.2 Å². The molecule has 0 N–H and O–H groups in total. The van der Waals surface area contributed by atoms with Crippen molar-refractivity contribution in [2.45, 2.75) is 98.1 Å². The zero-order chi connectivity index (χ0) is 24.8. The van der Waals surface area contributed by atoms with E-state index in [-0.39, 0.29) is 22.5 Å². The number of rotatable bonds is 2. The predicted molar refractivity (Wildman–Crippen MR) is 137 cm³/mol. The van der Waals surface area contributed by atoms with Crippen LogP contribution in [0.5, 0.6) is 0 Å². The molecule has 7 unspecified atom stereocenters. The second kappa shape index (κ2) is 7.59.